The fraction of sp³-hybridized carbons (Fsp3) is 0.294. The van der Waals surface area contributed by atoms with Gasteiger partial charge in [0.15, 0.2) is 0 Å². The van der Waals surface area contributed by atoms with Gasteiger partial charge in [0.1, 0.15) is 5.75 Å². The molecule has 0 aliphatic heterocycles. The van der Waals surface area contributed by atoms with Crippen molar-refractivity contribution in [3.63, 3.8) is 0 Å². The van der Waals surface area contributed by atoms with Crippen molar-refractivity contribution in [2.75, 3.05) is 12.4 Å². The van der Waals surface area contributed by atoms with Gasteiger partial charge in [-0.1, -0.05) is 29.8 Å². The van der Waals surface area contributed by atoms with Gasteiger partial charge in [0, 0.05) is 5.69 Å². The highest BCUT2D eigenvalue weighted by Crippen LogP contribution is 2.27. The van der Waals surface area contributed by atoms with E-state index in [1.807, 2.05) is 12.1 Å². The second kappa shape index (κ2) is 5.35. The van der Waals surface area contributed by atoms with Crippen molar-refractivity contribution in [2.45, 2.75) is 26.3 Å². The molecule has 2 aromatic rings. The summed E-state index contributed by atoms with van der Waals surface area (Å²) < 4.78 is 5.19. The molecule has 0 aliphatic rings. The van der Waals surface area contributed by atoms with Crippen LogP contribution in [0.1, 0.15) is 25.0 Å². The van der Waals surface area contributed by atoms with Gasteiger partial charge in [-0.15, -0.1) is 0 Å². The molecule has 0 heterocycles. The third-order valence-corrected chi connectivity index (χ3v) is 3.32. The standard InChI is InChI=1S/C17H21NO/c1-13-5-9-15(10-6-13)18-17(2,3)14-7-11-16(19-4)12-8-14/h5-12,18H,1-4H3. The zero-order valence-electron chi connectivity index (χ0n) is 12.0. The molecule has 0 aliphatic carbocycles. The zero-order chi connectivity index (χ0) is 13.9. The van der Waals surface area contributed by atoms with E-state index in [4.69, 9.17) is 4.74 Å². The minimum absolute atomic E-state index is 0.123. The van der Waals surface area contributed by atoms with Crippen molar-refractivity contribution >= 4 is 5.69 Å². The number of hydrogen-bond donors (Lipinski definition) is 1. The lowest BCUT2D eigenvalue weighted by molar-refractivity contribution is 0.414. The van der Waals surface area contributed by atoms with Crippen LogP contribution in [0.3, 0.4) is 0 Å². The van der Waals surface area contributed by atoms with Gasteiger partial charge in [-0.25, -0.2) is 0 Å². The molecule has 1 N–H and O–H groups in total. The van der Waals surface area contributed by atoms with Gasteiger partial charge in [0.2, 0.25) is 0 Å². The highest BCUT2D eigenvalue weighted by Gasteiger charge is 2.19. The summed E-state index contributed by atoms with van der Waals surface area (Å²) in [4.78, 5) is 0. The van der Waals surface area contributed by atoms with E-state index in [-0.39, 0.29) is 5.54 Å². The molecule has 0 radical (unpaired) electrons. The molecule has 0 spiro atoms. The van der Waals surface area contributed by atoms with Crippen molar-refractivity contribution in [1.29, 1.82) is 0 Å². The van der Waals surface area contributed by atoms with Crippen LogP contribution in [0.2, 0.25) is 0 Å². The van der Waals surface area contributed by atoms with Crippen molar-refractivity contribution in [1.82, 2.24) is 0 Å². The first-order chi connectivity index (χ1) is 9.01. The zero-order valence-corrected chi connectivity index (χ0v) is 12.0. The molecule has 0 amide bonds. The van der Waals surface area contributed by atoms with E-state index in [2.05, 4.69) is 62.5 Å². The Bertz CT molecular complexity index is 526. The minimum Gasteiger partial charge on any atom is -0.497 e. The summed E-state index contributed by atoms with van der Waals surface area (Å²) in [6, 6.07) is 16.6. The Hall–Kier alpha value is -1.96. The van der Waals surface area contributed by atoms with Gasteiger partial charge in [0.25, 0.3) is 0 Å². The lowest BCUT2D eigenvalue weighted by Gasteiger charge is -2.28. The summed E-state index contributed by atoms with van der Waals surface area (Å²) in [6.45, 7) is 6.45. The van der Waals surface area contributed by atoms with Crippen molar-refractivity contribution < 1.29 is 4.74 Å². The van der Waals surface area contributed by atoms with Crippen LogP contribution < -0.4 is 10.1 Å². The van der Waals surface area contributed by atoms with Crippen LogP contribution in [0.25, 0.3) is 0 Å². The second-order valence-corrected chi connectivity index (χ2v) is 5.34. The Balaban J connectivity index is 2.18. The first kappa shape index (κ1) is 13.5. The molecule has 0 aromatic heterocycles. The molecular formula is C17H21NO. The number of ether oxygens (including phenoxy) is 1. The summed E-state index contributed by atoms with van der Waals surface area (Å²) in [7, 11) is 1.69. The summed E-state index contributed by atoms with van der Waals surface area (Å²) in [5, 5.41) is 3.56. The summed E-state index contributed by atoms with van der Waals surface area (Å²) in [6.07, 6.45) is 0. The van der Waals surface area contributed by atoms with Crippen LogP contribution >= 0.6 is 0 Å². The maximum atomic E-state index is 5.19. The molecule has 0 saturated carbocycles. The number of benzene rings is 2. The molecular weight excluding hydrogens is 234 g/mol. The fourth-order valence-electron chi connectivity index (χ4n) is 2.08. The van der Waals surface area contributed by atoms with Gasteiger partial charge in [-0.3, -0.25) is 0 Å². The molecule has 2 nitrogen and oxygen atoms in total. The second-order valence-electron chi connectivity index (χ2n) is 5.34. The lowest BCUT2D eigenvalue weighted by Crippen LogP contribution is -2.27. The summed E-state index contributed by atoms with van der Waals surface area (Å²) in [5.74, 6) is 0.884. The quantitative estimate of drug-likeness (QED) is 0.877. The molecule has 0 unspecified atom stereocenters. The Morgan fingerprint density at radius 3 is 2.00 bits per heavy atom. The summed E-state index contributed by atoms with van der Waals surface area (Å²) in [5.41, 5.74) is 3.51. The highest BCUT2D eigenvalue weighted by atomic mass is 16.5. The van der Waals surface area contributed by atoms with E-state index in [1.54, 1.807) is 7.11 Å². The first-order valence-electron chi connectivity index (χ1n) is 6.51. The topological polar surface area (TPSA) is 21.3 Å². The van der Waals surface area contributed by atoms with Crippen molar-refractivity contribution in [3.05, 3.63) is 59.7 Å². The molecule has 2 rings (SSSR count). The Morgan fingerprint density at radius 1 is 0.895 bits per heavy atom. The maximum absolute atomic E-state index is 5.19. The molecule has 2 aromatic carbocycles. The third-order valence-electron chi connectivity index (χ3n) is 3.32. The lowest BCUT2D eigenvalue weighted by atomic mass is 9.94. The van der Waals surface area contributed by atoms with Crippen LogP contribution in [0.5, 0.6) is 5.75 Å². The third kappa shape index (κ3) is 3.28. The normalized spacial score (nSPS) is 11.2. The minimum atomic E-state index is -0.123. The van der Waals surface area contributed by atoms with E-state index in [0.29, 0.717) is 0 Å². The van der Waals surface area contributed by atoms with E-state index >= 15 is 0 Å². The molecule has 100 valence electrons. The SMILES string of the molecule is COc1ccc(C(C)(C)Nc2ccc(C)cc2)cc1. The molecule has 0 saturated heterocycles. The smallest absolute Gasteiger partial charge is 0.118 e. The average Bonchev–Trinajstić information content (AvgIpc) is 2.41. The van der Waals surface area contributed by atoms with Crippen LogP contribution in [0, 0.1) is 6.92 Å². The molecule has 19 heavy (non-hydrogen) atoms. The van der Waals surface area contributed by atoms with Crippen molar-refractivity contribution in [3.8, 4) is 5.75 Å². The van der Waals surface area contributed by atoms with E-state index < -0.39 is 0 Å². The van der Waals surface area contributed by atoms with Gasteiger partial charge < -0.3 is 10.1 Å². The number of rotatable bonds is 4. The van der Waals surface area contributed by atoms with Gasteiger partial charge in [-0.05, 0) is 50.6 Å². The number of hydrogen-bond acceptors (Lipinski definition) is 2. The maximum Gasteiger partial charge on any atom is 0.118 e. The molecule has 0 fully saturated rings. The van der Waals surface area contributed by atoms with Crippen LogP contribution in [0.4, 0.5) is 5.69 Å². The molecule has 2 heteroatoms. The number of methoxy groups -OCH3 is 1. The predicted molar refractivity (Wildman–Crippen MR) is 80.8 cm³/mol. The largest absolute Gasteiger partial charge is 0.497 e. The van der Waals surface area contributed by atoms with E-state index in [1.165, 1.54) is 11.1 Å². The monoisotopic (exact) mass is 255 g/mol. The highest BCUT2D eigenvalue weighted by molar-refractivity contribution is 5.48. The Kier molecular flexibility index (Phi) is 3.79. The predicted octanol–water partition coefficient (Wildman–Crippen LogP) is 4.35. The van der Waals surface area contributed by atoms with Crippen LogP contribution in [-0.2, 0) is 5.54 Å². The summed E-state index contributed by atoms with van der Waals surface area (Å²) >= 11 is 0. The van der Waals surface area contributed by atoms with Gasteiger partial charge in [-0.2, -0.15) is 0 Å². The van der Waals surface area contributed by atoms with Crippen molar-refractivity contribution in [2.24, 2.45) is 0 Å². The van der Waals surface area contributed by atoms with Crippen LogP contribution in [0.15, 0.2) is 48.5 Å². The fourth-order valence-corrected chi connectivity index (χ4v) is 2.08. The molecule has 0 atom stereocenters. The Morgan fingerprint density at radius 2 is 1.47 bits per heavy atom. The number of nitrogens with one attached hydrogen (secondary N) is 1. The average molecular weight is 255 g/mol. The molecule has 0 bridgehead atoms. The number of anilines is 1. The number of aryl methyl sites for hydroxylation is 1. The Labute approximate surface area is 115 Å². The van der Waals surface area contributed by atoms with E-state index in [0.717, 1.165) is 11.4 Å². The van der Waals surface area contributed by atoms with Gasteiger partial charge in [0.05, 0.1) is 12.6 Å². The van der Waals surface area contributed by atoms with Crippen LogP contribution in [-0.4, -0.2) is 7.11 Å². The van der Waals surface area contributed by atoms with E-state index in [9.17, 15) is 0 Å². The van der Waals surface area contributed by atoms with Gasteiger partial charge >= 0.3 is 0 Å². The first-order valence-corrected chi connectivity index (χ1v) is 6.51.